The first-order chi connectivity index (χ1) is 10.8. The SMILES string of the molecule is Fc1ccc(Sc2ccc(C=CCn3ccnc3)cc2)cc1. The molecule has 0 unspecified atom stereocenters. The lowest BCUT2D eigenvalue weighted by molar-refractivity contribution is 0.626. The standard InChI is InChI=1S/C18H15FN2S/c19-16-5-9-18(10-6-16)22-17-7-3-15(4-8-17)2-1-12-21-13-11-20-14-21/h1-11,13-14H,12H2. The van der Waals surface area contributed by atoms with Gasteiger partial charge in [-0.3, -0.25) is 0 Å². The Labute approximate surface area is 133 Å². The molecule has 4 heteroatoms. The second-order valence-corrected chi connectivity index (χ2v) is 5.93. The Morgan fingerprint density at radius 3 is 2.32 bits per heavy atom. The molecule has 0 bridgehead atoms. The monoisotopic (exact) mass is 310 g/mol. The van der Waals surface area contributed by atoms with Gasteiger partial charge in [-0.25, -0.2) is 9.37 Å². The molecule has 22 heavy (non-hydrogen) atoms. The van der Waals surface area contributed by atoms with Crippen molar-refractivity contribution >= 4 is 17.8 Å². The van der Waals surface area contributed by atoms with Crippen LogP contribution in [0.15, 0.2) is 83.1 Å². The first kappa shape index (κ1) is 14.6. The van der Waals surface area contributed by atoms with Gasteiger partial charge in [-0.15, -0.1) is 0 Å². The number of imidazole rings is 1. The number of aromatic nitrogens is 2. The Morgan fingerprint density at radius 1 is 1.00 bits per heavy atom. The number of halogens is 1. The minimum absolute atomic E-state index is 0.206. The predicted molar refractivity (Wildman–Crippen MR) is 88.2 cm³/mol. The van der Waals surface area contributed by atoms with Gasteiger partial charge in [0.15, 0.2) is 0 Å². The molecule has 0 radical (unpaired) electrons. The van der Waals surface area contributed by atoms with E-state index in [0.29, 0.717) is 0 Å². The number of nitrogens with zero attached hydrogens (tertiary/aromatic N) is 2. The number of allylic oxidation sites excluding steroid dienone is 1. The Bertz CT molecular complexity index is 732. The van der Waals surface area contributed by atoms with Gasteiger partial charge >= 0.3 is 0 Å². The van der Waals surface area contributed by atoms with Crippen LogP contribution < -0.4 is 0 Å². The van der Waals surface area contributed by atoms with E-state index >= 15 is 0 Å². The summed E-state index contributed by atoms with van der Waals surface area (Å²) in [4.78, 5) is 6.18. The Morgan fingerprint density at radius 2 is 1.68 bits per heavy atom. The van der Waals surface area contributed by atoms with Gasteiger partial charge in [0.2, 0.25) is 0 Å². The van der Waals surface area contributed by atoms with Crippen molar-refractivity contribution in [2.24, 2.45) is 0 Å². The minimum atomic E-state index is -0.206. The lowest BCUT2D eigenvalue weighted by atomic mass is 10.2. The van der Waals surface area contributed by atoms with Crippen molar-refractivity contribution in [1.82, 2.24) is 9.55 Å². The fraction of sp³-hybridized carbons (Fsp3) is 0.0556. The molecule has 0 N–H and O–H groups in total. The summed E-state index contributed by atoms with van der Waals surface area (Å²) in [6, 6.07) is 14.9. The average Bonchev–Trinajstić information content (AvgIpc) is 3.05. The van der Waals surface area contributed by atoms with E-state index in [2.05, 4.69) is 41.4 Å². The molecule has 2 nitrogen and oxygen atoms in total. The zero-order chi connectivity index (χ0) is 15.2. The second kappa shape index (κ2) is 7.09. The Balaban J connectivity index is 1.60. The van der Waals surface area contributed by atoms with E-state index in [1.807, 2.05) is 10.8 Å². The first-order valence-corrected chi connectivity index (χ1v) is 7.77. The highest BCUT2D eigenvalue weighted by Crippen LogP contribution is 2.27. The lowest BCUT2D eigenvalue weighted by Crippen LogP contribution is -1.89. The number of benzene rings is 2. The Hall–Kier alpha value is -2.33. The maximum absolute atomic E-state index is 12.9. The van der Waals surface area contributed by atoms with Crippen LogP contribution in [0.4, 0.5) is 4.39 Å². The summed E-state index contributed by atoms with van der Waals surface area (Å²) < 4.78 is 14.9. The normalized spacial score (nSPS) is 11.1. The van der Waals surface area contributed by atoms with Gasteiger partial charge < -0.3 is 4.57 Å². The summed E-state index contributed by atoms with van der Waals surface area (Å²) in [5.41, 5.74) is 1.16. The van der Waals surface area contributed by atoms with E-state index in [4.69, 9.17) is 0 Å². The van der Waals surface area contributed by atoms with E-state index in [1.54, 1.807) is 36.4 Å². The third-order valence-electron chi connectivity index (χ3n) is 3.12. The Kier molecular flexibility index (Phi) is 4.71. The molecule has 0 saturated heterocycles. The fourth-order valence-electron chi connectivity index (χ4n) is 1.99. The number of rotatable bonds is 5. The highest BCUT2D eigenvalue weighted by Gasteiger charge is 1.98. The van der Waals surface area contributed by atoms with E-state index in [-0.39, 0.29) is 5.82 Å². The number of hydrogen-bond donors (Lipinski definition) is 0. The third kappa shape index (κ3) is 4.09. The van der Waals surface area contributed by atoms with E-state index < -0.39 is 0 Å². The summed E-state index contributed by atoms with van der Waals surface area (Å²) in [5.74, 6) is -0.206. The van der Waals surface area contributed by atoms with Crippen LogP contribution in [0.3, 0.4) is 0 Å². The highest BCUT2D eigenvalue weighted by molar-refractivity contribution is 7.99. The predicted octanol–water partition coefficient (Wildman–Crippen LogP) is 4.89. The van der Waals surface area contributed by atoms with Gasteiger partial charge in [0.25, 0.3) is 0 Å². The van der Waals surface area contributed by atoms with Crippen LogP contribution in [0.1, 0.15) is 5.56 Å². The van der Waals surface area contributed by atoms with Crippen molar-refractivity contribution in [2.75, 3.05) is 0 Å². The van der Waals surface area contributed by atoms with Crippen molar-refractivity contribution in [3.05, 3.63) is 84.7 Å². The van der Waals surface area contributed by atoms with Gasteiger partial charge in [-0.05, 0) is 42.0 Å². The summed E-state index contributed by atoms with van der Waals surface area (Å²) in [6.07, 6.45) is 9.70. The fourth-order valence-corrected chi connectivity index (χ4v) is 2.81. The van der Waals surface area contributed by atoms with Gasteiger partial charge in [-0.2, -0.15) is 0 Å². The minimum Gasteiger partial charge on any atom is -0.334 e. The zero-order valence-electron chi connectivity index (χ0n) is 11.9. The molecule has 0 spiro atoms. The van der Waals surface area contributed by atoms with Crippen LogP contribution in [0.25, 0.3) is 6.08 Å². The summed E-state index contributed by atoms with van der Waals surface area (Å²) in [5, 5.41) is 0. The quantitative estimate of drug-likeness (QED) is 0.668. The lowest BCUT2D eigenvalue weighted by Gasteiger charge is -2.02. The maximum Gasteiger partial charge on any atom is 0.123 e. The van der Waals surface area contributed by atoms with Crippen LogP contribution >= 0.6 is 11.8 Å². The molecule has 0 aliphatic carbocycles. The summed E-state index contributed by atoms with van der Waals surface area (Å²) >= 11 is 1.62. The molecule has 1 aromatic heterocycles. The molecule has 3 rings (SSSR count). The number of hydrogen-bond acceptors (Lipinski definition) is 2. The van der Waals surface area contributed by atoms with Crippen LogP contribution in [0.5, 0.6) is 0 Å². The van der Waals surface area contributed by atoms with Crippen molar-refractivity contribution < 1.29 is 4.39 Å². The van der Waals surface area contributed by atoms with Gasteiger partial charge in [0.1, 0.15) is 5.82 Å². The van der Waals surface area contributed by atoms with E-state index in [9.17, 15) is 4.39 Å². The highest BCUT2D eigenvalue weighted by atomic mass is 32.2. The molecule has 0 aliphatic rings. The van der Waals surface area contributed by atoms with Crippen molar-refractivity contribution in [1.29, 1.82) is 0 Å². The van der Waals surface area contributed by atoms with E-state index in [1.165, 1.54) is 12.1 Å². The van der Waals surface area contributed by atoms with Crippen molar-refractivity contribution in [3.63, 3.8) is 0 Å². The molecule has 0 saturated carbocycles. The van der Waals surface area contributed by atoms with Crippen molar-refractivity contribution in [3.8, 4) is 0 Å². The topological polar surface area (TPSA) is 17.8 Å². The van der Waals surface area contributed by atoms with Gasteiger partial charge in [-0.1, -0.05) is 36.0 Å². The van der Waals surface area contributed by atoms with Crippen LogP contribution in [0.2, 0.25) is 0 Å². The molecule has 2 aromatic carbocycles. The molecule has 1 heterocycles. The first-order valence-electron chi connectivity index (χ1n) is 6.95. The molecule has 3 aromatic rings. The van der Waals surface area contributed by atoms with Crippen LogP contribution in [-0.2, 0) is 6.54 Å². The maximum atomic E-state index is 12.9. The van der Waals surface area contributed by atoms with Crippen molar-refractivity contribution in [2.45, 2.75) is 16.3 Å². The van der Waals surface area contributed by atoms with E-state index in [0.717, 1.165) is 21.9 Å². The molecule has 0 amide bonds. The molecule has 0 fully saturated rings. The molecule has 0 aliphatic heterocycles. The molecule has 0 atom stereocenters. The molecular formula is C18H15FN2S. The largest absolute Gasteiger partial charge is 0.334 e. The van der Waals surface area contributed by atoms with Crippen LogP contribution in [0, 0.1) is 5.82 Å². The molecule has 110 valence electrons. The van der Waals surface area contributed by atoms with Crippen LogP contribution in [-0.4, -0.2) is 9.55 Å². The average molecular weight is 310 g/mol. The summed E-state index contributed by atoms with van der Waals surface area (Å²) in [7, 11) is 0. The second-order valence-electron chi connectivity index (χ2n) is 4.79. The zero-order valence-corrected chi connectivity index (χ0v) is 12.7. The molecular weight excluding hydrogens is 295 g/mol. The third-order valence-corrected chi connectivity index (χ3v) is 4.13. The van der Waals surface area contributed by atoms with Gasteiger partial charge in [0.05, 0.1) is 6.33 Å². The smallest absolute Gasteiger partial charge is 0.123 e. The summed E-state index contributed by atoms with van der Waals surface area (Å²) in [6.45, 7) is 0.812. The van der Waals surface area contributed by atoms with Gasteiger partial charge in [0, 0.05) is 28.7 Å².